The molecule has 2 aromatic carbocycles. The minimum Gasteiger partial charge on any atom is -0.268 e. The maximum atomic E-state index is 12.5. The first-order chi connectivity index (χ1) is 8.77. The molecule has 19 heavy (non-hydrogen) atoms. The number of aryl methyl sites for hydroxylation is 1. The van der Waals surface area contributed by atoms with Gasteiger partial charge >= 0.3 is 0 Å². The Hall–Kier alpha value is -2.13. The van der Waals surface area contributed by atoms with Crippen molar-refractivity contribution in [2.75, 3.05) is 0 Å². The van der Waals surface area contributed by atoms with Gasteiger partial charge < -0.3 is 0 Å². The Labute approximate surface area is 116 Å². The van der Waals surface area contributed by atoms with E-state index < -0.39 is 0 Å². The van der Waals surface area contributed by atoms with Gasteiger partial charge in [0.2, 0.25) is 0 Å². The highest BCUT2D eigenvalue weighted by Gasteiger charge is 2.08. The molecule has 0 aliphatic carbocycles. The van der Waals surface area contributed by atoms with Crippen LogP contribution in [0.5, 0.6) is 0 Å². The van der Waals surface area contributed by atoms with Crippen molar-refractivity contribution in [3.05, 3.63) is 70.8 Å². The van der Waals surface area contributed by atoms with Crippen molar-refractivity contribution in [2.24, 2.45) is 0 Å². The predicted molar refractivity (Wildman–Crippen MR) is 79.3 cm³/mol. The molecule has 0 bridgehead atoms. The van der Waals surface area contributed by atoms with E-state index in [1.807, 2.05) is 61.5 Å². The van der Waals surface area contributed by atoms with Crippen LogP contribution in [0.4, 0.5) is 0 Å². The Morgan fingerprint density at radius 2 is 1.58 bits per heavy atom. The molecule has 0 unspecified atom stereocenters. The summed E-state index contributed by atoms with van der Waals surface area (Å²) in [6, 6.07) is 17.0. The summed E-state index contributed by atoms with van der Waals surface area (Å²) in [5.41, 5.74) is 1.56. The van der Waals surface area contributed by atoms with Crippen molar-refractivity contribution in [1.29, 1.82) is 0 Å². The van der Waals surface area contributed by atoms with Crippen LogP contribution in [0.15, 0.2) is 59.4 Å². The van der Waals surface area contributed by atoms with Crippen molar-refractivity contribution < 1.29 is 0 Å². The predicted octanol–water partition coefficient (Wildman–Crippen LogP) is 3.12. The maximum Gasteiger partial charge on any atom is 0.265 e. The fourth-order valence-electron chi connectivity index (χ4n) is 2.12. The van der Waals surface area contributed by atoms with E-state index in [1.54, 1.807) is 4.57 Å². The Morgan fingerprint density at radius 3 is 2.32 bits per heavy atom. The van der Waals surface area contributed by atoms with Gasteiger partial charge in [0.1, 0.15) is 5.82 Å². The number of halogens is 1. The Balaban J connectivity index is 0.00000133. The fourth-order valence-corrected chi connectivity index (χ4v) is 2.12. The van der Waals surface area contributed by atoms with Crippen LogP contribution in [0.25, 0.3) is 16.6 Å². The lowest BCUT2D eigenvalue weighted by Crippen LogP contribution is -2.22. The normalized spacial score (nSPS) is 10.2. The molecule has 96 valence electrons. The summed E-state index contributed by atoms with van der Waals surface area (Å²) in [7, 11) is 0. The first-order valence-corrected chi connectivity index (χ1v) is 5.81. The Morgan fingerprint density at radius 1 is 0.947 bits per heavy atom. The molecule has 0 aliphatic heterocycles. The smallest absolute Gasteiger partial charge is 0.265 e. The van der Waals surface area contributed by atoms with E-state index in [4.69, 9.17) is 0 Å². The molecule has 1 aromatic heterocycles. The molecule has 0 fully saturated rings. The van der Waals surface area contributed by atoms with E-state index >= 15 is 0 Å². The van der Waals surface area contributed by atoms with Gasteiger partial charge in [-0.05, 0) is 31.2 Å². The first kappa shape index (κ1) is 13.3. The third-order valence-electron chi connectivity index (χ3n) is 2.96. The van der Waals surface area contributed by atoms with Crippen molar-refractivity contribution in [3.63, 3.8) is 0 Å². The summed E-state index contributed by atoms with van der Waals surface area (Å²) in [6.45, 7) is 1.85. The van der Waals surface area contributed by atoms with Crippen molar-refractivity contribution >= 4 is 23.3 Å². The van der Waals surface area contributed by atoms with E-state index in [9.17, 15) is 4.79 Å². The molecule has 0 atom stereocenters. The summed E-state index contributed by atoms with van der Waals surface area (Å²) in [5, 5.41) is 0.645. The molecule has 0 saturated heterocycles. The van der Waals surface area contributed by atoms with E-state index in [0.717, 1.165) is 11.2 Å². The lowest BCUT2D eigenvalue weighted by molar-refractivity contribution is 0.895. The minimum atomic E-state index is -0.0238. The zero-order valence-corrected chi connectivity index (χ0v) is 11.2. The molecule has 4 heteroatoms. The van der Waals surface area contributed by atoms with Crippen LogP contribution in [0.2, 0.25) is 0 Å². The molecule has 0 amide bonds. The van der Waals surface area contributed by atoms with Gasteiger partial charge in [-0.3, -0.25) is 9.36 Å². The van der Waals surface area contributed by atoms with Gasteiger partial charge in [0.05, 0.1) is 16.6 Å². The second-order valence-electron chi connectivity index (χ2n) is 4.15. The zero-order valence-electron chi connectivity index (χ0n) is 10.4. The van der Waals surface area contributed by atoms with Crippen molar-refractivity contribution in [1.82, 2.24) is 9.55 Å². The zero-order chi connectivity index (χ0) is 12.5. The molecule has 3 rings (SSSR count). The molecule has 0 aliphatic rings. The lowest BCUT2D eigenvalue weighted by atomic mass is 10.2. The second-order valence-corrected chi connectivity index (χ2v) is 4.15. The minimum absolute atomic E-state index is 0. The van der Waals surface area contributed by atoms with Gasteiger partial charge in [-0.1, -0.05) is 30.3 Å². The number of aromatic nitrogens is 2. The standard InChI is InChI=1S/C15H12N2O.ClH/c1-11-16-14-10-6-5-9-13(14)15(18)17(11)12-7-3-2-4-8-12;/h2-10H,1H3;1H. The quantitative estimate of drug-likeness (QED) is 0.682. The molecule has 1 heterocycles. The summed E-state index contributed by atoms with van der Waals surface area (Å²) in [6.07, 6.45) is 0. The molecule has 0 N–H and O–H groups in total. The molecule has 0 spiro atoms. The number of fused-ring (bicyclic) bond motifs is 1. The average Bonchev–Trinajstić information content (AvgIpc) is 2.40. The maximum absolute atomic E-state index is 12.5. The average molecular weight is 273 g/mol. The van der Waals surface area contributed by atoms with Crippen LogP contribution in [-0.2, 0) is 0 Å². The van der Waals surface area contributed by atoms with Crippen LogP contribution in [0.3, 0.4) is 0 Å². The number of rotatable bonds is 1. The topological polar surface area (TPSA) is 34.9 Å². The highest BCUT2D eigenvalue weighted by molar-refractivity contribution is 5.85. The van der Waals surface area contributed by atoms with Crippen molar-refractivity contribution in [2.45, 2.75) is 6.92 Å². The van der Waals surface area contributed by atoms with Crippen molar-refractivity contribution in [3.8, 4) is 5.69 Å². The molecule has 3 aromatic rings. The number of hydrogen-bond donors (Lipinski definition) is 0. The molecule has 3 nitrogen and oxygen atoms in total. The Kier molecular flexibility index (Phi) is 3.67. The molecule has 0 saturated carbocycles. The monoisotopic (exact) mass is 272 g/mol. The van der Waals surface area contributed by atoms with E-state index in [0.29, 0.717) is 11.2 Å². The number of para-hydroxylation sites is 2. The van der Waals surface area contributed by atoms with Crippen LogP contribution in [0.1, 0.15) is 5.82 Å². The second kappa shape index (κ2) is 5.24. The third kappa shape index (κ3) is 2.25. The number of benzene rings is 2. The SMILES string of the molecule is Cc1nc2ccccc2c(=O)n1-c1ccccc1.Cl. The van der Waals surface area contributed by atoms with Crippen LogP contribution in [-0.4, -0.2) is 9.55 Å². The molecule has 0 radical (unpaired) electrons. The van der Waals surface area contributed by atoms with Gasteiger partial charge in [0.25, 0.3) is 5.56 Å². The summed E-state index contributed by atoms with van der Waals surface area (Å²) >= 11 is 0. The molecular formula is C15H13ClN2O. The van der Waals surface area contributed by atoms with E-state index in [-0.39, 0.29) is 18.0 Å². The fraction of sp³-hybridized carbons (Fsp3) is 0.0667. The molecular weight excluding hydrogens is 260 g/mol. The number of hydrogen-bond acceptors (Lipinski definition) is 2. The summed E-state index contributed by atoms with van der Waals surface area (Å²) in [5.74, 6) is 0.699. The van der Waals surface area contributed by atoms with Crippen LogP contribution in [0, 0.1) is 6.92 Å². The Bertz CT molecular complexity index is 766. The van der Waals surface area contributed by atoms with Gasteiger partial charge in [-0.2, -0.15) is 0 Å². The van der Waals surface area contributed by atoms with Gasteiger partial charge in [0.15, 0.2) is 0 Å². The van der Waals surface area contributed by atoms with Gasteiger partial charge in [-0.15, -0.1) is 12.4 Å². The lowest BCUT2D eigenvalue weighted by Gasteiger charge is -2.10. The third-order valence-corrected chi connectivity index (χ3v) is 2.96. The summed E-state index contributed by atoms with van der Waals surface area (Å²) < 4.78 is 1.64. The first-order valence-electron chi connectivity index (χ1n) is 5.81. The van der Waals surface area contributed by atoms with E-state index in [2.05, 4.69) is 4.98 Å². The van der Waals surface area contributed by atoms with Gasteiger partial charge in [-0.25, -0.2) is 4.98 Å². The number of nitrogens with zero attached hydrogens (tertiary/aromatic N) is 2. The summed E-state index contributed by atoms with van der Waals surface area (Å²) in [4.78, 5) is 16.9. The van der Waals surface area contributed by atoms with E-state index in [1.165, 1.54) is 0 Å². The largest absolute Gasteiger partial charge is 0.268 e. The highest BCUT2D eigenvalue weighted by atomic mass is 35.5. The van der Waals surface area contributed by atoms with Crippen LogP contribution >= 0.6 is 12.4 Å². The van der Waals surface area contributed by atoms with Gasteiger partial charge in [0, 0.05) is 0 Å². The highest BCUT2D eigenvalue weighted by Crippen LogP contribution is 2.11. The van der Waals surface area contributed by atoms with Crippen LogP contribution < -0.4 is 5.56 Å².